The Morgan fingerprint density at radius 1 is 1.27 bits per heavy atom. The van der Waals surface area contributed by atoms with E-state index in [2.05, 4.69) is 10.1 Å². The Bertz CT molecular complexity index is 718. The van der Waals surface area contributed by atoms with Crippen molar-refractivity contribution in [2.45, 2.75) is 13.1 Å². The molecule has 0 radical (unpaired) electrons. The van der Waals surface area contributed by atoms with Crippen LogP contribution in [0.25, 0.3) is 0 Å². The highest BCUT2D eigenvalue weighted by molar-refractivity contribution is 5.94. The van der Waals surface area contributed by atoms with E-state index in [9.17, 15) is 4.79 Å². The fourth-order valence-electron chi connectivity index (χ4n) is 2.18. The highest BCUT2D eigenvalue weighted by atomic mass is 16.3. The van der Waals surface area contributed by atoms with Gasteiger partial charge in [-0.25, -0.2) is 9.67 Å². The minimum atomic E-state index is -0.0382. The molecule has 0 bridgehead atoms. The summed E-state index contributed by atoms with van der Waals surface area (Å²) in [6, 6.07) is 11.2. The van der Waals surface area contributed by atoms with Gasteiger partial charge in [-0.3, -0.25) is 4.79 Å². The Kier molecular flexibility index (Phi) is 4.00. The van der Waals surface area contributed by atoms with E-state index in [4.69, 9.17) is 4.42 Å². The largest absolute Gasteiger partial charge is 0.467 e. The lowest BCUT2D eigenvalue weighted by Crippen LogP contribution is -2.25. The molecule has 0 aliphatic rings. The van der Waals surface area contributed by atoms with Crippen LogP contribution in [0.1, 0.15) is 21.7 Å². The second-order valence-corrected chi connectivity index (χ2v) is 5.03. The summed E-state index contributed by atoms with van der Waals surface area (Å²) < 4.78 is 6.99. The maximum absolute atomic E-state index is 12.4. The number of aromatic nitrogens is 3. The fraction of sp³-hybridized carbons (Fsp3) is 0.188. The normalized spacial score (nSPS) is 10.6. The monoisotopic (exact) mass is 296 g/mol. The molecule has 0 fully saturated rings. The first-order valence-electron chi connectivity index (χ1n) is 6.91. The van der Waals surface area contributed by atoms with Crippen LogP contribution < -0.4 is 0 Å². The van der Waals surface area contributed by atoms with Crippen molar-refractivity contribution in [2.24, 2.45) is 0 Å². The van der Waals surface area contributed by atoms with Crippen LogP contribution >= 0.6 is 0 Å². The molecule has 0 aliphatic heterocycles. The third-order valence-electron chi connectivity index (χ3n) is 3.33. The molecule has 3 aromatic rings. The van der Waals surface area contributed by atoms with Crippen molar-refractivity contribution in [1.82, 2.24) is 19.7 Å². The van der Waals surface area contributed by atoms with E-state index < -0.39 is 0 Å². The molecule has 0 saturated carbocycles. The van der Waals surface area contributed by atoms with Gasteiger partial charge in [-0.1, -0.05) is 12.1 Å². The number of furan rings is 1. The van der Waals surface area contributed by atoms with E-state index in [1.807, 2.05) is 36.4 Å². The zero-order chi connectivity index (χ0) is 15.4. The number of benzene rings is 1. The molecule has 6 nitrogen and oxygen atoms in total. The number of rotatable bonds is 5. The van der Waals surface area contributed by atoms with E-state index in [1.54, 1.807) is 29.2 Å². The smallest absolute Gasteiger partial charge is 0.254 e. The van der Waals surface area contributed by atoms with Crippen molar-refractivity contribution in [2.75, 3.05) is 7.05 Å². The Hall–Kier alpha value is -2.89. The van der Waals surface area contributed by atoms with Crippen LogP contribution in [0.3, 0.4) is 0 Å². The van der Waals surface area contributed by atoms with Crippen molar-refractivity contribution in [3.8, 4) is 0 Å². The Morgan fingerprint density at radius 2 is 2.09 bits per heavy atom. The highest BCUT2D eigenvalue weighted by Crippen LogP contribution is 2.11. The molecule has 2 heterocycles. The van der Waals surface area contributed by atoms with Crippen molar-refractivity contribution >= 4 is 5.91 Å². The molecule has 2 aromatic heterocycles. The number of hydrogen-bond acceptors (Lipinski definition) is 4. The Morgan fingerprint density at radius 3 is 2.73 bits per heavy atom. The van der Waals surface area contributed by atoms with E-state index >= 15 is 0 Å². The predicted octanol–water partition coefficient (Wildman–Crippen LogP) is 2.19. The SMILES string of the molecule is CN(Cc1ccco1)C(=O)c1ccc(Cn2cncn2)cc1. The van der Waals surface area contributed by atoms with Crippen LogP contribution in [-0.4, -0.2) is 32.6 Å². The lowest BCUT2D eigenvalue weighted by molar-refractivity contribution is 0.0775. The van der Waals surface area contributed by atoms with Gasteiger partial charge in [0.2, 0.25) is 0 Å². The summed E-state index contributed by atoms with van der Waals surface area (Å²) >= 11 is 0. The molecule has 0 spiro atoms. The molecular formula is C16H16N4O2. The van der Waals surface area contributed by atoms with Gasteiger partial charge in [-0.15, -0.1) is 0 Å². The highest BCUT2D eigenvalue weighted by Gasteiger charge is 2.13. The molecule has 1 amide bonds. The standard InChI is InChI=1S/C16H16N4O2/c1-19(10-15-3-2-8-22-15)16(21)14-6-4-13(5-7-14)9-20-12-17-11-18-20/h2-8,11-12H,9-10H2,1H3. The number of hydrogen-bond donors (Lipinski definition) is 0. The summed E-state index contributed by atoms with van der Waals surface area (Å²) in [6.07, 6.45) is 4.77. The molecule has 22 heavy (non-hydrogen) atoms. The maximum atomic E-state index is 12.4. The van der Waals surface area contributed by atoms with Gasteiger partial charge in [-0.2, -0.15) is 5.10 Å². The van der Waals surface area contributed by atoms with E-state index in [0.29, 0.717) is 18.7 Å². The van der Waals surface area contributed by atoms with Gasteiger partial charge in [0.15, 0.2) is 0 Å². The summed E-state index contributed by atoms with van der Waals surface area (Å²) in [5.74, 6) is 0.724. The molecular weight excluding hydrogens is 280 g/mol. The van der Waals surface area contributed by atoms with Gasteiger partial charge in [0.25, 0.3) is 5.91 Å². The molecule has 0 N–H and O–H groups in total. The first kappa shape index (κ1) is 14.1. The second-order valence-electron chi connectivity index (χ2n) is 5.03. The van der Waals surface area contributed by atoms with Gasteiger partial charge in [0.05, 0.1) is 19.4 Å². The minimum absolute atomic E-state index is 0.0382. The van der Waals surface area contributed by atoms with Crippen LogP contribution in [0.5, 0.6) is 0 Å². The zero-order valence-electron chi connectivity index (χ0n) is 12.2. The van der Waals surface area contributed by atoms with E-state index in [-0.39, 0.29) is 5.91 Å². The van der Waals surface area contributed by atoms with Gasteiger partial charge in [-0.05, 0) is 29.8 Å². The number of nitrogens with zero attached hydrogens (tertiary/aromatic N) is 4. The molecule has 0 atom stereocenters. The molecule has 112 valence electrons. The number of carbonyl (C=O) groups excluding carboxylic acids is 1. The predicted molar refractivity (Wildman–Crippen MR) is 80.1 cm³/mol. The molecule has 1 aromatic carbocycles. The second kappa shape index (κ2) is 6.26. The lowest BCUT2D eigenvalue weighted by atomic mass is 10.1. The van der Waals surface area contributed by atoms with E-state index in [0.717, 1.165) is 11.3 Å². The van der Waals surface area contributed by atoms with Crippen LogP contribution in [0.15, 0.2) is 59.7 Å². The van der Waals surface area contributed by atoms with Crippen LogP contribution in [0.2, 0.25) is 0 Å². The summed E-state index contributed by atoms with van der Waals surface area (Å²) in [6.45, 7) is 1.09. The summed E-state index contributed by atoms with van der Waals surface area (Å²) in [4.78, 5) is 17.9. The summed E-state index contributed by atoms with van der Waals surface area (Å²) in [7, 11) is 1.76. The van der Waals surface area contributed by atoms with E-state index in [1.165, 1.54) is 6.33 Å². The summed E-state index contributed by atoms with van der Waals surface area (Å²) in [5.41, 5.74) is 1.71. The fourth-order valence-corrected chi connectivity index (χ4v) is 2.18. The Labute approximate surface area is 128 Å². The third-order valence-corrected chi connectivity index (χ3v) is 3.33. The van der Waals surface area contributed by atoms with Gasteiger partial charge in [0.1, 0.15) is 18.4 Å². The number of carbonyl (C=O) groups is 1. The Balaban J connectivity index is 1.65. The molecule has 6 heteroatoms. The first-order chi connectivity index (χ1) is 10.7. The van der Waals surface area contributed by atoms with Gasteiger partial charge in [0, 0.05) is 12.6 Å². The number of amides is 1. The topological polar surface area (TPSA) is 64.2 Å². The third kappa shape index (κ3) is 3.22. The molecule has 0 aliphatic carbocycles. The molecule has 0 unspecified atom stereocenters. The summed E-state index contributed by atoms with van der Waals surface area (Å²) in [5, 5.41) is 4.06. The van der Waals surface area contributed by atoms with Gasteiger partial charge < -0.3 is 9.32 Å². The quantitative estimate of drug-likeness (QED) is 0.724. The zero-order valence-corrected chi connectivity index (χ0v) is 12.2. The average Bonchev–Trinajstić information content (AvgIpc) is 3.21. The van der Waals surface area contributed by atoms with Crippen molar-refractivity contribution in [1.29, 1.82) is 0 Å². The van der Waals surface area contributed by atoms with Crippen LogP contribution in [0.4, 0.5) is 0 Å². The molecule has 0 saturated heterocycles. The lowest BCUT2D eigenvalue weighted by Gasteiger charge is -2.16. The van der Waals surface area contributed by atoms with Crippen molar-refractivity contribution in [3.63, 3.8) is 0 Å². The van der Waals surface area contributed by atoms with Crippen LogP contribution in [-0.2, 0) is 13.1 Å². The molecule has 3 rings (SSSR count). The van der Waals surface area contributed by atoms with Crippen molar-refractivity contribution in [3.05, 3.63) is 72.2 Å². The van der Waals surface area contributed by atoms with Crippen LogP contribution in [0, 0.1) is 0 Å². The van der Waals surface area contributed by atoms with Gasteiger partial charge >= 0.3 is 0 Å². The first-order valence-corrected chi connectivity index (χ1v) is 6.91. The minimum Gasteiger partial charge on any atom is -0.467 e. The van der Waals surface area contributed by atoms with Crippen molar-refractivity contribution < 1.29 is 9.21 Å². The average molecular weight is 296 g/mol. The maximum Gasteiger partial charge on any atom is 0.254 e.